The molecular weight excluding hydrogens is 250 g/mol. The van der Waals surface area contributed by atoms with Gasteiger partial charge in [0.15, 0.2) is 0 Å². The van der Waals surface area contributed by atoms with Crippen LogP contribution >= 0.6 is 11.6 Å². The number of nitrogens with zero attached hydrogens (tertiary/aromatic N) is 2. The monoisotopic (exact) mass is 263 g/mol. The summed E-state index contributed by atoms with van der Waals surface area (Å²) >= 11 is 5.94. The Balaban J connectivity index is 2.13. The molecule has 1 aromatic carbocycles. The van der Waals surface area contributed by atoms with Gasteiger partial charge in [0, 0.05) is 11.6 Å². The van der Waals surface area contributed by atoms with Crippen molar-refractivity contribution in [3.8, 4) is 0 Å². The zero-order valence-corrected chi connectivity index (χ0v) is 10.7. The number of piperidine rings is 1. The van der Waals surface area contributed by atoms with E-state index in [0.717, 1.165) is 25.9 Å². The first-order valence-corrected chi connectivity index (χ1v) is 6.50. The fourth-order valence-corrected chi connectivity index (χ4v) is 2.61. The number of hydrogen-bond acceptors (Lipinski definition) is 3. The minimum atomic E-state index is -0.00352. The average Bonchev–Trinajstić information content (AvgIpc) is 2.41. The van der Waals surface area contributed by atoms with Crippen LogP contribution in [-0.4, -0.2) is 22.6 Å². The largest absolute Gasteiger partial charge is 0.315 e. The Labute approximate surface area is 110 Å². The van der Waals surface area contributed by atoms with Crippen molar-refractivity contribution in [1.82, 2.24) is 14.9 Å². The third kappa shape index (κ3) is 2.02. The molecule has 2 aromatic rings. The van der Waals surface area contributed by atoms with Crippen LogP contribution in [0.2, 0.25) is 5.02 Å². The maximum atomic E-state index is 12.4. The summed E-state index contributed by atoms with van der Waals surface area (Å²) in [5.74, 6) is 0. The molecular formula is C13H14ClN3O. The van der Waals surface area contributed by atoms with Gasteiger partial charge in [-0.3, -0.25) is 9.36 Å². The maximum Gasteiger partial charge on any atom is 0.261 e. The molecule has 1 fully saturated rings. The molecule has 0 radical (unpaired) electrons. The molecule has 0 saturated carbocycles. The molecule has 4 nitrogen and oxygen atoms in total. The second kappa shape index (κ2) is 4.71. The second-order valence-corrected chi connectivity index (χ2v) is 5.06. The number of nitrogens with one attached hydrogen (secondary N) is 1. The van der Waals surface area contributed by atoms with Gasteiger partial charge >= 0.3 is 0 Å². The lowest BCUT2D eigenvalue weighted by Gasteiger charge is -2.24. The van der Waals surface area contributed by atoms with E-state index >= 15 is 0 Å². The number of aromatic nitrogens is 2. The van der Waals surface area contributed by atoms with Crippen LogP contribution in [0, 0.1) is 0 Å². The molecule has 1 N–H and O–H groups in total. The summed E-state index contributed by atoms with van der Waals surface area (Å²) in [7, 11) is 0. The molecule has 1 unspecified atom stereocenters. The molecule has 1 saturated heterocycles. The minimum Gasteiger partial charge on any atom is -0.315 e. The Hall–Kier alpha value is -1.39. The maximum absolute atomic E-state index is 12.4. The molecule has 1 aliphatic rings. The van der Waals surface area contributed by atoms with Gasteiger partial charge in [0.1, 0.15) is 0 Å². The zero-order valence-electron chi connectivity index (χ0n) is 9.90. The van der Waals surface area contributed by atoms with Crippen molar-refractivity contribution in [3.63, 3.8) is 0 Å². The van der Waals surface area contributed by atoms with E-state index in [0.29, 0.717) is 15.9 Å². The van der Waals surface area contributed by atoms with Crippen LogP contribution in [0.15, 0.2) is 29.3 Å². The van der Waals surface area contributed by atoms with Crippen molar-refractivity contribution in [2.75, 3.05) is 13.1 Å². The predicted molar refractivity (Wildman–Crippen MR) is 72.2 cm³/mol. The van der Waals surface area contributed by atoms with Gasteiger partial charge in [0.2, 0.25) is 0 Å². The van der Waals surface area contributed by atoms with Crippen LogP contribution in [0.1, 0.15) is 18.9 Å². The van der Waals surface area contributed by atoms with Crippen LogP contribution in [0.25, 0.3) is 10.9 Å². The van der Waals surface area contributed by atoms with E-state index in [2.05, 4.69) is 10.3 Å². The van der Waals surface area contributed by atoms with E-state index in [1.54, 1.807) is 29.1 Å². The molecule has 0 amide bonds. The Morgan fingerprint density at radius 3 is 3.11 bits per heavy atom. The second-order valence-electron chi connectivity index (χ2n) is 4.62. The van der Waals surface area contributed by atoms with Crippen LogP contribution < -0.4 is 10.9 Å². The predicted octanol–water partition coefficient (Wildman–Crippen LogP) is 1.97. The quantitative estimate of drug-likeness (QED) is 0.856. The summed E-state index contributed by atoms with van der Waals surface area (Å²) in [6.07, 6.45) is 3.75. The molecule has 1 atom stereocenters. The fourth-order valence-electron chi connectivity index (χ4n) is 2.44. The van der Waals surface area contributed by atoms with E-state index < -0.39 is 0 Å². The van der Waals surface area contributed by atoms with Gasteiger partial charge in [-0.1, -0.05) is 11.6 Å². The molecule has 0 spiro atoms. The lowest BCUT2D eigenvalue weighted by Crippen LogP contribution is -2.36. The Morgan fingerprint density at radius 1 is 1.44 bits per heavy atom. The first-order valence-electron chi connectivity index (χ1n) is 6.13. The van der Waals surface area contributed by atoms with Crippen molar-refractivity contribution in [3.05, 3.63) is 39.9 Å². The Bertz CT molecular complexity index is 632. The molecule has 0 bridgehead atoms. The smallest absolute Gasteiger partial charge is 0.261 e. The summed E-state index contributed by atoms with van der Waals surface area (Å²) in [5.41, 5.74) is 0.695. The van der Waals surface area contributed by atoms with Gasteiger partial charge in [0.05, 0.1) is 23.3 Å². The van der Waals surface area contributed by atoms with E-state index in [9.17, 15) is 4.79 Å². The lowest BCUT2D eigenvalue weighted by atomic mass is 10.1. The topological polar surface area (TPSA) is 46.9 Å². The van der Waals surface area contributed by atoms with Gasteiger partial charge < -0.3 is 5.32 Å². The van der Waals surface area contributed by atoms with E-state index in [1.165, 1.54) is 0 Å². The third-order valence-corrected chi connectivity index (χ3v) is 3.64. The highest BCUT2D eigenvalue weighted by Gasteiger charge is 2.17. The van der Waals surface area contributed by atoms with Crippen LogP contribution in [0.4, 0.5) is 0 Å². The van der Waals surface area contributed by atoms with Crippen molar-refractivity contribution in [2.24, 2.45) is 0 Å². The molecule has 18 heavy (non-hydrogen) atoms. The van der Waals surface area contributed by atoms with Crippen LogP contribution in [0.5, 0.6) is 0 Å². The molecule has 1 aromatic heterocycles. The Morgan fingerprint density at radius 2 is 2.33 bits per heavy atom. The van der Waals surface area contributed by atoms with Crippen molar-refractivity contribution in [1.29, 1.82) is 0 Å². The molecule has 94 valence electrons. The lowest BCUT2D eigenvalue weighted by molar-refractivity contribution is 0.363. The van der Waals surface area contributed by atoms with Crippen molar-refractivity contribution in [2.45, 2.75) is 18.9 Å². The van der Waals surface area contributed by atoms with E-state index in [1.807, 2.05) is 0 Å². The van der Waals surface area contributed by atoms with Gasteiger partial charge in [-0.15, -0.1) is 0 Å². The van der Waals surface area contributed by atoms with Gasteiger partial charge in [-0.25, -0.2) is 4.98 Å². The summed E-state index contributed by atoms with van der Waals surface area (Å²) in [5, 5.41) is 4.47. The fraction of sp³-hybridized carbons (Fsp3) is 0.385. The minimum absolute atomic E-state index is 0.00352. The number of halogens is 1. The van der Waals surface area contributed by atoms with Crippen molar-refractivity contribution < 1.29 is 0 Å². The highest BCUT2D eigenvalue weighted by Crippen LogP contribution is 2.17. The van der Waals surface area contributed by atoms with Gasteiger partial charge in [0.25, 0.3) is 5.56 Å². The number of hydrogen-bond donors (Lipinski definition) is 1. The number of fused-ring (bicyclic) bond motifs is 1. The average molecular weight is 264 g/mol. The van der Waals surface area contributed by atoms with E-state index in [-0.39, 0.29) is 11.6 Å². The summed E-state index contributed by atoms with van der Waals surface area (Å²) in [4.78, 5) is 16.8. The van der Waals surface area contributed by atoms with E-state index in [4.69, 9.17) is 11.6 Å². The van der Waals surface area contributed by atoms with Crippen LogP contribution in [-0.2, 0) is 0 Å². The number of benzene rings is 1. The van der Waals surface area contributed by atoms with Gasteiger partial charge in [-0.05, 0) is 37.6 Å². The number of rotatable bonds is 1. The first kappa shape index (κ1) is 11.7. The summed E-state index contributed by atoms with van der Waals surface area (Å²) < 4.78 is 1.73. The standard InChI is InChI=1S/C13H14ClN3O/c14-9-3-4-12-11(6-9)13(18)17(8-16-12)10-2-1-5-15-7-10/h3-4,6,8,10,15H,1-2,5,7H2. The zero-order chi connectivity index (χ0) is 12.5. The SMILES string of the molecule is O=c1c2cc(Cl)ccc2ncn1C1CCCNC1. The van der Waals surface area contributed by atoms with Crippen LogP contribution in [0.3, 0.4) is 0 Å². The molecule has 5 heteroatoms. The highest BCUT2D eigenvalue weighted by atomic mass is 35.5. The first-order chi connectivity index (χ1) is 8.75. The summed E-state index contributed by atoms with van der Waals surface area (Å²) in [6, 6.07) is 5.42. The summed E-state index contributed by atoms with van der Waals surface area (Å²) in [6.45, 7) is 1.85. The normalized spacial score (nSPS) is 20.2. The highest BCUT2D eigenvalue weighted by molar-refractivity contribution is 6.31. The van der Waals surface area contributed by atoms with Gasteiger partial charge in [-0.2, -0.15) is 0 Å². The molecule has 1 aliphatic heterocycles. The molecule has 2 heterocycles. The Kier molecular flexibility index (Phi) is 3.06. The molecule has 0 aliphatic carbocycles. The molecule has 3 rings (SSSR count). The third-order valence-electron chi connectivity index (χ3n) is 3.41. The van der Waals surface area contributed by atoms with Crippen molar-refractivity contribution >= 4 is 22.5 Å².